The van der Waals surface area contributed by atoms with E-state index in [0.29, 0.717) is 16.8 Å². The fraction of sp³-hybridized carbons (Fsp3) is 0.667. The van der Waals surface area contributed by atoms with Gasteiger partial charge in [-0.1, -0.05) is 44.8 Å². The highest BCUT2D eigenvalue weighted by Gasteiger charge is 2.15. The number of hydrogen-bond acceptors (Lipinski definition) is 4. The summed E-state index contributed by atoms with van der Waals surface area (Å²) in [6, 6.07) is 0.344. The second kappa shape index (κ2) is 8.15. The smallest absolute Gasteiger partial charge is 0.159 e. The van der Waals surface area contributed by atoms with Gasteiger partial charge in [-0.2, -0.15) is 5.10 Å². The van der Waals surface area contributed by atoms with Crippen molar-refractivity contribution in [1.29, 1.82) is 0 Å². The molecule has 0 aliphatic heterocycles. The molecule has 0 aromatic carbocycles. The van der Waals surface area contributed by atoms with Crippen molar-refractivity contribution < 1.29 is 0 Å². The summed E-state index contributed by atoms with van der Waals surface area (Å²) in [4.78, 5) is 0.376. The van der Waals surface area contributed by atoms with Crippen molar-refractivity contribution in [2.24, 2.45) is 5.73 Å². The SMILES string of the molecule is CCCCCCC(C)Nc1nnc(C)c(C)c1C(N)=S. The van der Waals surface area contributed by atoms with Gasteiger partial charge in [0, 0.05) is 6.04 Å². The molecule has 0 saturated carbocycles. The van der Waals surface area contributed by atoms with Gasteiger partial charge in [0.05, 0.1) is 11.3 Å². The van der Waals surface area contributed by atoms with Crippen molar-refractivity contribution in [2.75, 3.05) is 5.32 Å². The van der Waals surface area contributed by atoms with E-state index in [0.717, 1.165) is 23.2 Å². The van der Waals surface area contributed by atoms with E-state index in [-0.39, 0.29) is 0 Å². The molecule has 1 atom stereocenters. The molecule has 1 unspecified atom stereocenters. The maximum atomic E-state index is 5.82. The molecule has 0 spiro atoms. The maximum Gasteiger partial charge on any atom is 0.159 e. The molecule has 0 radical (unpaired) electrons. The molecule has 3 N–H and O–H groups in total. The second-order valence-corrected chi connectivity index (χ2v) is 5.83. The zero-order valence-corrected chi connectivity index (χ0v) is 13.8. The van der Waals surface area contributed by atoms with Crippen LogP contribution in [0.3, 0.4) is 0 Å². The molecule has 1 rings (SSSR count). The van der Waals surface area contributed by atoms with Gasteiger partial charge in [0.2, 0.25) is 0 Å². The summed E-state index contributed by atoms with van der Waals surface area (Å²) in [5.41, 5.74) is 8.53. The predicted molar refractivity (Wildman–Crippen MR) is 89.2 cm³/mol. The van der Waals surface area contributed by atoms with Crippen LogP contribution in [0.1, 0.15) is 62.8 Å². The predicted octanol–water partition coefficient (Wildman–Crippen LogP) is 3.50. The summed E-state index contributed by atoms with van der Waals surface area (Å²) in [5, 5.41) is 11.8. The van der Waals surface area contributed by atoms with Crippen molar-refractivity contribution in [3.63, 3.8) is 0 Å². The number of nitrogens with zero attached hydrogens (tertiary/aromatic N) is 2. The Hall–Kier alpha value is -1.23. The van der Waals surface area contributed by atoms with Crippen LogP contribution >= 0.6 is 12.2 Å². The second-order valence-electron chi connectivity index (χ2n) is 5.39. The summed E-state index contributed by atoms with van der Waals surface area (Å²) >= 11 is 5.14. The van der Waals surface area contributed by atoms with Crippen molar-refractivity contribution in [1.82, 2.24) is 10.2 Å². The van der Waals surface area contributed by atoms with Crippen molar-refractivity contribution in [3.8, 4) is 0 Å². The Morgan fingerprint density at radius 3 is 2.55 bits per heavy atom. The third-order valence-corrected chi connectivity index (χ3v) is 3.78. The summed E-state index contributed by atoms with van der Waals surface area (Å²) in [5.74, 6) is 0.712. The van der Waals surface area contributed by atoms with Gasteiger partial charge in [0.15, 0.2) is 5.82 Å². The summed E-state index contributed by atoms with van der Waals surface area (Å²) in [7, 11) is 0. The Kier molecular flexibility index (Phi) is 6.85. The van der Waals surface area contributed by atoms with Crippen LogP contribution in [-0.2, 0) is 0 Å². The van der Waals surface area contributed by atoms with Crippen LogP contribution in [0.15, 0.2) is 0 Å². The lowest BCUT2D eigenvalue weighted by molar-refractivity contribution is 0.592. The first-order valence-electron chi connectivity index (χ1n) is 7.37. The highest BCUT2D eigenvalue weighted by Crippen LogP contribution is 2.20. The molecule has 112 valence electrons. The van der Waals surface area contributed by atoms with E-state index >= 15 is 0 Å². The van der Waals surface area contributed by atoms with Crippen LogP contribution in [0.4, 0.5) is 5.82 Å². The molecular weight excluding hydrogens is 268 g/mol. The van der Waals surface area contributed by atoms with Gasteiger partial charge >= 0.3 is 0 Å². The molecular formula is C15H26N4S. The van der Waals surface area contributed by atoms with E-state index in [1.165, 1.54) is 25.7 Å². The Labute approximate surface area is 127 Å². The first kappa shape index (κ1) is 16.8. The molecule has 20 heavy (non-hydrogen) atoms. The quantitative estimate of drug-likeness (QED) is 0.567. The number of rotatable bonds is 8. The molecule has 1 heterocycles. The van der Waals surface area contributed by atoms with E-state index < -0.39 is 0 Å². The van der Waals surface area contributed by atoms with Crippen LogP contribution in [0.2, 0.25) is 0 Å². The lowest BCUT2D eigenvalue weighted by Crippen LogP contribution is -2.22. The zero-order valence-electron chi connectivity index (χ0n) is 13.0. The fourth-order valence-electron chi connectivity index (χ4n) is 2.19. The monoisotopic (exact) mass is 294 g/mol. The number of aromatic nitrogens is 2. The van der Waals surface area contributed by atoms with Gasteiger partial charge in [-0.15, -0.1) is 5.10 Å². The number of nitrogens with one attached hydrogen (secondary N) is 1. The minimum atomic E-state index is 0.344. The highest BCUT2D eigenvalue weighted by molar-refractivity contribution is 7.80. The molecule has 0 fully saturated rings. The van der Waals surface area contributed by atoms with Gasteiger partial charge in [0.25, 0.3) is 0 Å². The number of unbranched alkanes of at least 4 members (excludes halogenated alkanes) is 3. The van der Waals surface area contributed by atoms with Gasteiger partial charge in [-0.25, -0.2) is 0 Å². The van der Waals surface area contributed by atoms with E-state index in [1.54, 1.807) is 0 Å². The highest BCUT2D eigenvalue weighted by atomic mass is 32.1. The molecule has 1 aromatic heterocycles. The van der Waals surface area contributed by atoms with Crippen LogP contribution < -0.4 is 11.1 Å². The van der Waals surface area contributed by atoms with Crippen LogP contribution in [0, 0.1) is 13.8 Å². The summed E-state index contributed by atoms with van der Waals surface area (Å²) in [6.45, 7) is 8.28. The summed E-state index contributed by atoms with van der Waals surface area (Å²) < 4.78 is 0. The van der Waals surface area contributed by atoms with E-state index in [4.69, 9.17) is 18.0 Å². The minimum Gasteiger partial charge on any atom is -0.389 e. The van der Waals surface area contributed by atoms with Crippen molar-refractivity contribution >= 4 is 23.0 Å². The van der Waals surface area contributed by atoms with E-state index in [2.05, 4.69) is 29.4 Å². The number of thiocarbonyl (C=S) groups is 1. The fourth-order valence-corrected chi connectivity index (χ4v) is 2.44. The number of nitrogens with two attached hydrogens (primary N) is 1. The molecule has 0 bridgehead atoms. The largest absolute Gasteiger partial charge is 0.389 e. The Bertz CT molecular complexity index is 459. The number of anilines is 1. The first-order valence-corrected chi connectivity index (χ1v) is 7.78. The molecule has 5 heteroatoms. The molecule has 0 aliphatic carbocycles. The van der Waals surface area contributed by atoms with Gasteiger partial charge in [-0.05, 0) is 32.8 Å². The lowest BCUT2D eigenvalue weighted by atomic mass is 10.1. The molecule has 0 saturated heterocycles. The molecule has 0 aliphatic rings. The lowest BCUT2D eigenvalue weighted by Gasteiger charge is -2.18. The van der Waals surface area contributed by atoms with Crippen LogP contribution in [-0.4, -0.2) is 21.2 Å². The average Bonchev–Trinajstić information content (AvgIpc) is 2.39. The Morgan fingerprint density at radius 1 is 1.25 bits per heavy atom. The van der Waals surface area contributed by atoms with Gasteiger partial charge < -0.3 is 11.1 Å². The van der Waals surface area contributed by atoms with E-state index in [9.17, 15) is 0 Å². The standard InChI is InChI=1S/C15H26N4S/c1-5-6-7-8-9-10(2)17-15-13(14(16)20)11(3)12(4)18-19-15/h10H,5-9H2,1-4H3,(H2,16,20)(H,17,19). The zero-order chi connectivity index (χ0) is 15.1. The van der Waals surface area contributed by atoms with Crippen molar-refractivity contribution in [3.05, 3.63) is 16.8 Å². The number of hydrogen-bond donors (Lipinski definition) is 2. The first-order chi connectivity index (χ1) is 9.47. The van der Waals surface area contributed by atoms with E-state index in [1.807, 2.05) is 13.8 Å². The third kappa shape index (κ3) is 4.71. The summed E-state index contributed by atoms with van der Waals surface area (Å²) in [6.07, 6.45) is 6.18. The van der Waals surface area contributed by atoms with Crippen LogP contribution in [0.5, 0.6) is 0 Å². The molecule has 1 aromatic rings. The Balaban J connectivity index is 2.72. The van der Waals surface area contributed by atoms with Gasteiger partial charge in [-0.3, -0.25) is 0 Å². The minimum absolute atomic E-state index is 0.344. The average molecular weight is 294 g/mol. The number of aryl methyl sites for hydroxylation is 1. The topological polar surface area (TPSA) is 63.8 Å². The molecule has 0 amide bonds. The molecule has 4 nitrogen and oxygen atoms in total. The van der Waals surface area contributed by atoms with Crippen molar-refractivity contribution in [2.45, 2.75) is 65.8 Å². The van der Waals surface area contributed by atoms with Gasteiger partial charge in [0.1, 0.15) is 4.99 Å². The maximum absolute atomic E-state index is 5.82. The third-order valence-electron chi connectivity index (χ3n) is 3.57. The van der Waals surface area contributed by atoms with Crippen LogP contribution in [0.25, 0.3) is 0 Å². The normalized spacial score (nSPS) is 12.2. The Morgan fingerprint density at radius 2 is 1.95 bits per heavy atom.